The first kappa shape index (κ1) is 53.9. The van der Waals surface area contributed by atoms with Crippen LogP contribution in [0.15, 0.2) is 53.6 Å². The predicted molar refractivity (Wildman–Crippen MR) is 296 cm³/mol. The van der Waals surface area contributed by atoms with Gasteiger partial charge in [0.1, 0.15) is 17.6 Å². The summed E-state index contributed by atoms with van der Waals surface area (Å²) in [6, 6.07) is 14.2. The van der Waals surface area contributed by atoms with Crippen LogP contribution in [0.2, 0.25) is 0 Å². The number of phenols is 1. The van der Waals surface area contributed by atoms with E-state index in [-0.39, 0.29) is 82.5 Å². The number of ketones is 2. The van der Waals surface area contributed by atoms with Crippen LogP contribution in [0, 0.1) is 63.1 Å². The third-order valence-corrected chi connectivity index (χ3v) is 23.8. The second-order valence-corrected chi connectivity index (χ2v) is 28.1. The zero-order valence-electron chi connectivity index (χ0n) is 46.7. The van der Waals surface area contributed by atoms with E-state index in [2.05, 4.69) is 62.6 Å². The van der Waals surface area contributed by atoms with E-state index < -0.39 is 28.1 Å². The fourth-order valence-corrected chi connectivity index (χ4v) is 20.4. The van der Waals surface area contributed by atoms with E-state index in [1.54, 1.807) is 0 Å². The molecule has 0 spiro atoms. The fraction of sp³-hybridized carbons (Fsp3) is 0.754. The number of β-amino-alcohol motifs (C(OH)–C–C–N with tert-alkyl or cyclic N) is 1. The van der Waals surface area contributed by atoms with E-state index in [0.29, 0.717) is 50.0 Å². The molecule has 0 aromatic heterocycles. The summed E-state index contributed by atoms with van der Waals surface area (Å²) < 4.78 is 6.77. The molecule has 8 N–H and O–H groups in total. The van der Waals surface area contributed by atoms with Crippen molar-refractivity contribution in [2.45, 2.75) is 224 Å². The number of epoxide rings is 1. The van der Waals surface area contributed by atoms with Crippen molar-refractivity contribution >= 4 is 17.3 Å². The SMILES string of the molecule is CNCc1cc(O)cc(C2CC3(C4CCCCC4)C4C(CC5(C)C3CCC3=C(C(CC(O)C6OC6(C)C6CCCC6c6cccc(N)c6)C6CCCC(CO)C6)C(=O)CC35C)NCC(C)(O)CCCCC4(C)C2=O)c1. The fourth-order valence-electron chi connectivity index (χ4n) is 20.4. The maximum absolute atomic E-state index is 16.0. The lowest BCUT2D eigenvalue weighted by atomic mass is 9.31. The lowest BCUT2D eigenvalue weighted by Crippen LogP contribution is -2.73. The minimum atomic E-state index is -0.889. The van der Waals surface area contributed by atoms with Crippen molar-refractivity contribution < 1.29 is 34.8 Å². The number of Topliss-reactive ketones (excluding diaryl/α,β-unsaturated/α-hetero) is 2. The minimum Gasteiger partial charge on any atom is -0.508 e. The molecular formula is C65H95N3O7. The molecule has 2 saturated heterocycles. The summed E-state index contributed by atoms with van der Waals surface area (Å²) in [5, 5.41) is 54.2. The molecule has 17 unspecified atom stereocenters. The number of hydrogen-bond donors (Lipinski definition) is 7. The number of nitrogens with two attached hydrogens (primary N) is 1. The van der Waals surface area contributed by atoms with Crippen LogP contribution in [0.25, 0.3) is 0 Å². The number of rotatable bonds is 12. The molecule has 75 heavy (non-hydrogen) atoms. The van der Waals surface area contributed by atoms with E-state index >= 15 is 9.59 Å². The van der Waals surface area contributed by atoms with E-state index in [4.69, 9.17) is 10.5 Å². The molecular weight excluding hydrogens is 935 g/mol. The monoisotopic (exact) mass is 1030 g/mol. The summed E-state index contributed by atoms with van der Waals surface area (Å²) >= 11 is 0. The van der Waals surface area contributed by atoms with Crippen molar-refractivity contribution in [1.29, 1.82) is 0 Å². The number of fused-ring (bicyclic) bond motifs is 4. The van der Waals surface area contributed by atoms with E-state index in [9.17, 15) is 20.4 Å². The molecule has 2 aliphatic heterocycles. The first-order valence-corrected chi connectivity index (χ1v) is 30.4. The Morgan fingerprint density at radius 2 is 1.64 bits per heavy atom. The van der Waals surface area contributed by atoms with Crippen molar-refractivity contribution in [2.75, 3.05) is 25.9 Å². The smallest absolute Gasteiger partial charge is 0.160 e. The number of allylic oxidation sites excluding steroid dienone is 2. The summed E-state index contributed by atoms with van der Waals surface area (Å²) in [6.07, 6.45) is 19.4. The average molecular weight is 1030 g/mol. The van der Waals surface area contributed by atoms with Crippen LogP contribution in [0.1, 0.15) is 204 Å². The predicted octanol–water partition coefficient (Wildman–Crippen LogP) is 11.2. The minimum absolute atomic E-state index is 0.0512. The third-order valence-electron chi connectivity index (χ3n) is 23.8. The van der Waals surface area contributed by atoms with Gasteiger partial charge in [0.25, 0.3) is 0 Å². The third kappa shape index (κ3) is 9.04. The molecule has 2 aromatic carbocycles. The van der Waals surface area contributed by atoms with Gasteiger partial charge in [-0.1, -0.05) is 89.5 Å². The van der Waals surface area contributed by atoms with Crippen LogP contribution in [0.3, 0.4) is 0 Å². The van der Waals surface area contributed by atoms with Gasteiger partial charge in [-0.25, -0.2) is 0 Å². The van der Waals surface area contributed by atoms with Crippen LogP contribution in [0.5, 0.6) is 5.75 Å². The van der Waals surface area contributed by atoms with Crippen LogP contribution in [-0.4, -0.2) is 81.6 Å². The molecule has 11 rings (SSSR count). The zero-order valence-corrected chi connectivity index (χ0v) is 46.7. The van der Waals surface area contributed by atoms with Crippen molar-refractivity contribution in [3.05, 3.63) is 70.3 Å². The van der Waals surface area contributed by atoms with Gasteiger partial charge in [0.2, 0.25) is 0 Å². The van der Waals surface area contributed by atoms with Crippen LogP contribution >= 0.6 is 0 Å². The number of hydrogen-bond acceptors (Lipinski definition) is 10. The van der Waals surface area contributed by atoms with Gasteiger partial charge in [-0.15, -0.1) is 0 Å². The summed E-state index contributed by atoms with van der Waals surface area (Å²) in [5.41, 5.74) is 9.57. The van der Waals surface area contributed by atoms with Gasteiger partial charge in [0.05, 0.1) is 17.3 Å². The normalized spacial score (nSPS) is 43.1. The van der Waals surface area contributed by atoms with Gasteiger partial charge in [-0.05, 0) is 215 Å². The standard InChI is InChI=1S/C65H95N3O7/c1-60(74)25-10-11-26-61(2)57-52(68-38-60)34-63(4)55(65(57,44-18-8-7-9-19-44)33-49(58(61)73)43-28-40(36-67-6)29-46(70)31-43)24-23-51-56(54(72)35-62(51,63)3)48(41-16-12-15-39(27-41)37-69)32-53(71)59-64(5,75-59)50-22-14-21-47(50)42-17-13-20-45(66)30-42/h13,17,20,28-31,39,41,44,47-50,52-53,55,57,59,67-71,74H,7-12,14-16,18-19,21-27,32-38,66H2,1-6H3. The lowest BCUT2D eigenvalue weighted by Gasteiger charge is -2.73. The average Bonchev–Trinajstić information content (AvgIpc) is 3.69. The Hall–Kier alpha value is -3.12. The van der Waals surface area contributed by atoms with E-state index in [0.717, 1.165) is 125 Å². The molecule has 0 radical (unpaired) electrons. The highest BCUT2D eigenvalue weighted by atomic mass is 16.6. The Balaban J connectivity index is 1.01. The summed E-state index contributed by atoms with van der Waals surface area (Å²) in [7, 11) is 1.93. The molecule has 10 nitrogen and oxygen atoms in total. The van der Waals surface area contributed by atoms with Gasteiger partial charge in [0.15, 0.2) is 5.78 Å². The Kier molecular flexibility index (Phi) is 14.5. The summed E-state index contributed by atoms with van der Waals surface area (Å²) in [6.45, 7) is 12.8. The largest absolute Gasteiger partial charge is 0.508 e. The number of aliphatic hydroxyl groups excluding tert-OH is 2. The Bertz CT molecular complexity index is 2500. The highest BCUT2D eigenvalue weighted by Gasteiger charge is 2.75. The second-order valence-electron chi connectivity index (χ2n) is 28.1. The number of nitrogens with one attached hydrogen (secondary N) is 2. The molecule has 2 heterocycles. The molecule has 0 amide bonds. The van der Waals surface area contributed by atoms with Crippen molar-refractivity contribution in [1.82, 2.24) is 10.6 Å². The molecule has 8 fully saturated rings. The molecule has 412 valence electrons. The zero-order chi connectivity index (χ0) is 52.9. The number of benzene rings is 2. The van der Waals surface area contributed by atoms with Gasteiger partial charge in [-0.3, -0.25) is 9.59 Å². The van der Waals surface area contributed by atoms with Crippen molar-refractivity contribution in [2.24, 2.45) is 63.1 Å². The lowest BCUT2D eigenvalue weighted by molar-refractivity contribution is -0.226. The molecule has 0 bridgehead atoms. The number of aromatic hydroxyl groups is 1. The van der Waals surface area contributed by atoms with Crippen LogP contribution < -0.4 is 16.4 Å². The molecule has 17 atom stereocenters. The molecule has 10 heteroatoms. The second kappa shape index (κ2) is 20.2. The molecule has 9 aliphatic rings. The maximum Gasteiger partial charge on any atom is 0.160 e. The number of carbonyl (C=O) groups excluding carboxylic acids is 2. The van der Waals surface area contributed by atoms with Gasteiger partial charge in [0, 0.05) is 54.6 Å². The number of anilines is 1. The van der Waals surface area contributed by atoms with Crippen LogP contribution in [-0.2, 0) is 20.9 Å². The Labute approximate surface area is 449 Å². The topological polar surface area (TPSA) is 178 Å². The Morgan fingerprint density at radius 1 is 0.867 bits per heavy atom. The summed E-state index contributed by atoms with van der Waals surface area (Å²) in [4.78, 5) is 31.8. The van der Waals surface area contributed by atoms with Crippen LogP contribution in [0.4, 0.5) is 5.69 Å². The van der Waals surface area contributed by atoms with Gasteiger partial charge in [-0.2, -0.15) is 0 Å². The van der Waals surface area contributed by atoms with E-state index in [1.807, 2.05) is 32.2 Å². The highest BCUT2D eigenvalue weighted by molar-refractivity contribution is 6.01. The first-order valence-electron chi connectivity index (χ1n) is 30.4. The number of ether oxygens (including phenoxy) is 1. The molecule has 7 aliphatic carbocycles. The highest BCUT2D eigenvalue weighted by Crippen LogP contribution is 2.78. The maximum atomic E-state index is 16.0. The molecule has 6 saturated carbocycles. The molecule has 2 aromatic rings. The Morgan fingerprint density at radius 3 is 2.40 bits per heavy atom. The number of nitrogen functional groups attached to an aromatic ring is 1. The quantitative estimate of drug-likeness (QED) is 0.0800. The van der Waals surface area contributed by atoms with Crippen molar-refractivity contribution in [3.63, 3.8) is 0 Å². The van der Waals surface area contributed by atoms with Gasteiger partial charge < -0.3 is 41.5 Å². The number of carbonyl (C=O) groups is 2. The number of aliphatic hydroxyl groups is 3. The summed E-state index contributed by atoms with van der Waals surface area (Å²) in [5.74, 6) is 1.92. The van der Waals surface area contributed by atoms with Crippen molar-refractivity contribution in [3.8, 4) is 5.75 Å². The van der Waals surface area contributed by atoms with E-state index in [1.165, 1.54) is 30.4 Å². The number of phenolic OH excluding ortho intramolecular Hbond substituents is 1. The first-order chi connectivity index (χ1) is 35.8. The van der Waals surface area contributed by atoms with Gasteiger partial charge >= 0.3 is 0 Å².